The molecule has 0 spiro atoms. The van der Waals surface area contributed by atoms with E-state index in [1.165, 1.54) is 16.9 Å². The van der Waals surface area contributed by atoms with Crippen molar-refractivity contribution in [2.45, 2.75) is 13.5 Å². The highest BCUT2D eigenvalue weighted by molar-refractivity contribution is 9.10. The van der Waals surface area contributed by atoms with Crippen LogP contribution in [0.4, 0.5) is 10.9 Å². The van der Waals surface area contributed by atoms with Crippen LogP contribution in [0.5, 0.6) is 5.75 Å². The topological polar surface area (TPSA) is 72.5 Å². The molecule has 3 N–H and O–H groups in total. The van der Waals surface area contributed by atoms with E-state index in [2.05, 4.69) is 50.5 Å². The van der Waals surface area contributed by atoms with Crippen molar-refractivity contribution in [3.8, 4) is 5.75 Å². The zero-order chi connectivity index (χ0) is 17.6. The van der Waals surface area contributed by atoms with E-state index in [4.69, 9.17) is 10.5 Å². The van der Waals surface area contributed by atoms with Crippen molar-refractivity contribution in [1.82, 2.24) is 4.98 Å². The summed E-state index contributed by atoms with van der Waals surface area (Å²) in [5, 5.41) is 6.61. The fraction of sp³-hybridized carbons (Fsp3) is 0.111. The maximum atomic E-state index is 5.97. The lowest BCUT2D eigenvalue weighted by atomic mass is 10.1. The second-order valence-electron chi connectivity index (χ2n) is 5.41. The summed E-state index contributed by atoms with van der Waals surface area (Å²) in [5.41, 5.74) is 11.7. The molecule has 0 aliphatic heterocycles. The summed E-state index contributed by atoms with van der Waals surface area (Å²) in [5.74, 6) is 1.24. The lowest BCUT2D eigenvalue weighted by molar-refractivity contribution is 0.305. The van der Waals surface area contributed by atoms with Gasteiger partial charge in [0.15, 0.2) is 0 Å². The number of halogens is 1. The molecule has 25 heavy (non-hydrogen) atoms. The number of aromatic nitrogens is 1. The Bertz CT molecular complexity index is 894. The Morgan fingerprint density at radius 2 is 2.20 bits per heavy atom. The fourth-order valence-electron chi connectivity index (χ4n) is 2.21. The number of hydrazone groups is 1. The molecule has 0 radical (unpaired) electrons. The van der Waals surface area contributed by atoms with Crippen LogP contribution >= 0.6 is 27.3 Å². The molecule has 7 heteroatoms. The van der Waals surface area contributed by atoms with Crippen LogP contribution in [-0.4, -0.2) is 11.2 Å². The number of nitrogens with two attached hydrogens (primary N) is 1. The number of hydrogen-bond acceptors (Lipinski definition) is 6. The van der Waals surface area contributed by atoms with Gasteiger partial charge in [-0.25, -0.2) is 4.98 Å². The van der Waals surface area contributed by atoms with E-state index in [9.17, 15) is 0 Å². The SMILES string of the molecule is Cc1cccc(COc2ccc(Br)cc2C=NNc2nc(N)cs2)c1. The molecule has 2 aromatic carbocycles. The molecule has 0 bridgehead atoms. The summed E-state index contributed by atoms with van der Waals surface area (Å²) in [6.45, 7) is 2.57. The van der Waals surface area contributed by atoms with Gasteiger partial charge < -0.3 is 10.5 Å². The van der Waals surface area contributed by atoms with Crippen LogP contribution in [0.2, 0.25) is 0 Å². The van der Waals surface area contributed by atoms with Crippen LogP contribution in [0.1, 0.15) is 16.7 Å². The Morgan fingerprint density at radius 1 is 1.32 bits per heavy atom. The van der Waals surface area contributed by atoms with Crippen molar-refractivity contribution in [3.63, 3.8) is 0 Å². The third-order valence-electron chi connectivity index (χ3n) is 3.33. The van der Waals surface area contributed by atoms with E-state index >= 15 is 0 Å². The van der Waals surface area contributed by atoms with E-state index in [1.54, 1.807) is 11.6 Å². The van der Waals surface area contributed by atoms with Crippen molar-refractivity contribution in [2.24, 2.45) is 5.10 Å². The highest BCUT2D eigenvalue weighted by Crippen LogP contribution is 2.23. The smallest absolute Gasteiger partial charge is 0.205 e. The molecule has 0 aliphatic rings. The number of nitrogens with zero attached hydrogens (tertiary/aromatic N) is 2. The molecule has 0 saturated heterocycles. The first kappa shape index (κ1) is 17.4. The molecule has 0 saturated carbocycles. The number of benzene rings is 2. The Hall–Kier alpha value is -2.38. The van der Waals surface area contributed by atoms with Crippen LogP contribution < -0.4 is 15.9 Å². The number of thiazole rings is 1. The first-order valence-corrected chi connectivity index (χ1v) is 9.25. The first-order chi connectivity index (χ1) is 12.1. The highest BCUT2D eigenvalue weighted by atomic mass is 79.9. The van der Waals surface area contributed by atoms with Gasteiger partial charge >= 0.3 is 0 Å². The number of hydrogen-bond donors (Lipinski definition) is 2. The van der Waals surface area contributed by atoms with Crippen molar-refractivity contribution in [3.05, 3.63) is 69.0 Å². The maximum absolute atomic E-state index is 5.97. The van der Waals surface area contributed by atoms with E-state index in [0.29, 0.717) is 17.6 Å². The standard InChI is InChI=1S/C18H17BrN4OS/c1-12-3-2-4-13(7-12)10-24-16-6-5-15(19)8-14(16)9-21-23-18-22-17(20)11-25-18/h2-9,11H,10,20H2,1H3,(H,22,23). The number of nitrogens with one attached hydrogen (secondary N) is 1. The predicted octanol–water partition coefficient (Wildman–Crippen LogP) is 4.82. The number of nitrogen functional groups attached to an aromatic ring is 1. The van der Waals surface area contributed by atoms with Gasteiger partial charge in [0, 0.05) is 15.4 Å². The summed E-state index contributed by atoms with van der Waals surface area (Å²) in [7, 11) is 0. The first-order valence-electron chi connectivity index (χ1n) is 7.58. The van der Waals surface area contributed by atoms with E-state index < -0.39 is 0 Å². The summed E-state index contributed by atoms with van der Waals surface area (Å²) in [6, 6.07) is 14.1. The minimum absolute atomic E-state index is 0.479. The minimum atomic E-state index is 0.479. The molecule has 1 heterocycles. The number of rotatable bonds is 6. The fourth-order valence-corrected chi connectivity index (χ4v) is 3.14. The Kier molecular flexibility index (Phi) is 5.67. The highest BCUT2D eigenvalue weighted by Gasteiger charge is 2.04. The molecule has 3 aromatic rings. The molecule has 0 unspecified atom stereocenters. The summed E-state index contributed by atoms with van der Waals surface area (Å²) < 4.78 is 6.92. The van der Waals surface area contributed by atoms with Gasteiger partial charge in [0.25, 0.3) is 0 Å². The van der Waals surface area contributed by atoms with Gasteiger partial charge in [0.2, 0.25) is 5.13 Å². The van der Waals surface area contributed by atoms with Crippen LogP contribution in [0.25, 0.3) is 0 Å². The molecule has 1 aromatic heterocycles. The van der Waals surface area contributed by atoms with Crippen molar-refractivity contribution in [1.29, 1.82) is 0 Å². The quantitative estimate of drug-likeness (QED) is 0.446. The molecular formula is C18H17BrN4OS. The van der Waals surface area contributed by atoms with Crippen LogP contribution in [-0.2, 0) is 6.61 Å². The lowest BCUT2D eigenvalue weighted by Gasteiger charge is -2.10. The zero-order valence-electron chi connectivity index (χ0n) is 13.6. The number of anilines is 2. The normalized spacial score (nSPS) is 11.0. The average Bonchev–Trinajstić information content (AvgIpc) is 2.99. The van der Waals surface area contributed by atoms with Crippen molar-refractivity contribution < 1.29 is 4.74 Å². The Labute approximate surface area is 158 Å². The second-order valence-corrected chi connectivity index (χ2v) is 7.18. The molecule has 0 aliphatic carbocycles. The third-order valence-corrected chi connectivity index (χ3v) is 4.59. The third kappa shape index (κ3) is 5.04. The average molecular weight is 417 g/mol. The van der Waals surface area contributed by atoms with E-state index in [1.807, 2.05) is 30.3 Å². The summed E-state index contributed by atoms with van der Waals surface area (Å²) >= 11 is 4.88. The van der Waals surface area contributed by atoms with Gasteiger partial charge in [0.1, 0.15) is 18.2 Å². The van der Waals surface area contributed by atoms with Gasteiger partial charge in [-0.15, -0.1) is 11.3 Å². The van der Waals surface area contributed by atoms with Crippen LogP contribution in [0, 0.1) is 6.92 Å². The van der Waals surface area contributed by atoms with E-state index in [-0.39, 0.29) is 0 Å². The van der Waals surface area contributed by atoms with Crippen LogP contribution in [0.15, 0.2) is 57.4 Å². The zero-order valence-corrected chi connectivity index (χ0v) is 16.0. The predicted molar refractivity (Wildman–Crippen MR) is 107 cm³/mol. The molecule has 3 rings (SSSR count). The molecule has 0 fully saturated rings. The number of aryl methyl sites for hydroxylation is 1. The van der Waals surface area contributed by atoms with Crippen LogP contribution in [0.3, 0.4) is 0 Å². The van der Waals surface area contributed by atoms with Gasteiger partial charge in [-0.05, 0) is 30.7 Å². The Morgan fingerprint density at radius 3 is 2.96 bits per heavy atom. The summed E-state index contributed by atoms with van der Waals surface area (Å²) in [6.07, 6.45) is 1.70. The largest absolute Gasteiger partial charge is 0.488 e. The molecule has 128 valence electrons. The minimum Gasteiger partial charge on any atom is -0.488 e. The second kappa shape index (κ2) is 8.13. The molecule has 0 atom stereocenters. The Balaban J connectivity index is 1.71. The molecular weight excluding hydrogens is 400 g/mol. The van der Waals surface area contributed by atoms with Crippen molar-refractivity contribution >= 4 is 44.4 Å². The molecule has 5 nitrogen and oxygen atoms in total. The van der Waals surface area contributed by atoms with Gasteiger partial charge in [-0.3, -0.25) is 5.43 Å². The van der Waals surface area contributed by atoms with Gasteiger partial charge in [-0.1, -0.05) is 45.8 Å². The summed E-state index contributed by atoms with van der Waals surface area (Å²) in [4.78, 5) is 4.10. The number of ether oxygens (including phenoxy) is 1. The van der Waals surface area contributed by atoms with Gasteiger partial charge in [-0.2, -0.15) is 5.10 Å². The van der Waals surface area contributed by atoms with E-state index in [0.717, 1.165) is 21.3 Å². The van der Waals surface area contributed by atoms with Crippen molar-refractivity contribution in [2.75, 3.05) is 11.2 Å². The van der Waals surface area contributed by atoms with Gasteiger partial charge in [0.05, 0.1) is 6.21 Å². The monoisotopic (exact) mass is 416 g/mol. The maximum Gasteiger partial charge on any atom is 0.205 e. The lowest BCUT2D eigenvalue weighted by Crippen LogP contribution is -1.99. The molecule has 0 amide bonds.